The molecule has 0 fully saturated rings. The molecule has 1 aromatic heterocycles. The van der Waals surface area contributed by atoms with E-state index >= 15 is 0 Å². The Morgan fingerprint density at radius 1 is 1.62 bits per heavy atom. The molecule has 1 unspecified atom stereocenters. The van der Waals surface area contributed by atoms with Crippen LogP contribution in [-0.4, -0.2) is 16.6 Å². The van der Waals surface area contributed by atoms with E-state index in [0.717, 1.165) is 5.69 Å². The van der Waals surface area contributed by atoms with E-state index in [1.54, 1.807) is 19.1 Å². The molecular formula is C9H13ClN2O. The van der Waals surface area contributed by atoms with Crippen molar-refractivity contribution in [3.05, 3.63) is 28.5 Å². The lowest BCUT2D eigenvalue weighted by molar-refractivity contribution is 0.0667. The summed E-state index contributed by atoms with van der Waals surface area (Å²) in [4.78, 5) is 4.00. The fraction of sp³-hybridized carbons (Fsp3) is 0.444. The van der Waals surface area contributed by atoms with Gasteiger partial charge in [0.2, 0.25) is 0 Å². The van der Waals surface area contributed by atoms with Crippen molar-refractivity contribution in [1.82, 2.24) is 4.98 Å². The normalized spacial score (nSPS) is 15.5. The Hall–Kier alpha value is -0.640. The van der Waals surface area contributed by atoms with Crippen LogP contribution in [0.25, 0.3) is 0 Å². The standard InChI is InChI=1S/C9H13ClN2O/c1-6-3-7(4-8(10)12-6)9(2,13)5-11/h3-4,13H,5,11H2,1-2H3. The number of hydrogen-bond donors (Lipinski definition) is 2. The van der Waals surface area contributed by atoms with Gasteiger partial charge in [-0.1, -0.05) is 11.6 Å². The summed E-state index contributed by atoms with van der Waals surface area (Å²) in [7, 11) is 0. The van der Waals surface area contributed by atoms with E-state index in [4.69, 9.17) is 17.3 Å². The molecule has 0 amide bonds. The van der Waals surface area contributed by atoms with Gasteiger partial charge < -0.3 is 10.8 Å². The van der Waals surface area contributed by atoms with E-state index in [9.17, 15) is 5.11 Å². The number of pyridine rings is 1. The van der Waals surface area contributed by atoms with Crippen molar-refractivity contribution in [2.24, 2.45) is 5.73 Å². The molecule has 1 heterocycles. The number of aryl methyl sites for hydroxylation is 1. The zero-order valence-corrected chi connectivity index (χ0v) is 8.47. The van der Waals surface area contributed by atoms with Crippen molar-refractivity contribution in [3.63, 3.8) is 0 Å². The van der Waals surface area contributed by atoms with Crippen LogP contribution in [0.15, 0.2) is 12.1 Å². The molecular weight excluding hydrogens is 188 g/mol. The maximum Gasteiger partial charge on any atom is 0.129 e. The molecule has 3 N–H and O–H groups in total. The monoisotopic (exact) mass is 200 g/mol. The number of aliphatic hydroxyl groups is 1. The highest BCUT2D eigenvalue weighted by molar-refractivity contribution is 6.29. The molecule has 0 saturated carbocycles. The van der Waals surface area contributed by atoms with Crippen molar-refractivity contribution in [3.8, 4) is 0 Å². The second-order valence-corrected chi connectivity index (χ2v) is 3.69. The van der Waals surface area contributed by atoms with E-state index in [1.165, 1.54) is 0 Å². The van der Waals surface area contributed by atoms with Gasteiger partial charge in [0.05, 0.1) is 5.60 Å². The third-order valence-corrected chi connectivity index (χ3v) is 2.14. The average molecular weight is 201 g/mol. The predicted octanol–water partition coefficient (Wildman–Crippen LogP) is 1.21. The first-order valence-corrected chi connectivity index (χ1v) is 4.40. The summed E-state index contributed by atoms with van der Waals surface area (Å²) in [6, 6.07) is 3.40. The van der Waals surface area contributed by atoms with Crippen molar-refractivity contribution in [2.45, 2.75) is 19.4 Å². The number of hydrogen-bond acceptors (Lipinski definition) is 3. The minimum absolute atomic E-state index is 0.160. The molecule has 0 radical (unpaired) electrons. The lowest BCUT2D eigenvalue weighted by Gasteiger charge is -2.21. The van der Waals surface area contributed by atoms with Gasteiger partial charge in [0, 0.05) is 12.2 Å². The molecule has 0 aliphatic carbocycles. The van der Waals surface area contributed by atoms with E-state index in [-0.39, 0.29) is 6.54 Å². The molecule has 0 aliphatic heterocycles. The van der Waals surface area contributed by atoms with E-state index < -0.39 is 5.60 Å². The van der Waals surface area contributed by atoms with Crippen LogP contribution < -0.4 is 5.73 Å². The quantitative estimate of drug-likeness (QED) is 0.706. The van der Waals surface area contributed by atoms with Crippen molar-refractivity contribution >= 4 is 11.6 Å². The lowest BCUT2D eigenvalue weighted by Crippen LogP contribution is -2.31. The first-order valence-electron chi connectivity index (χ1n) is 4.03. The lowest BCUT2D eigenvalue weighted by atomic mass is 9.97. The number of nitrogens with zero attached hydrogens (tertiary/aromatic N) is 1. The molecule has 0 saturated heterocycles. The van der Waals surface area contributed by atoms with Crippen molar-refractivity contribution in [2.75, 3.05) is 6.54 Å². The molecule has 0 aromatic carbocycles. The third kappa shape index (κ3) is 2.40. The minimum atomic E-state index is -1.03. The summed E-state index contributed by atoms with van der Waals surface area (Å²) in [6.45, 7) is 3.63. The van der Waals surface area contributed by atoms with Crippen LogP contribution >= 0.6 is 11.6 Å². The number of halogens is 1. The Kier molecular flexibility index (Phi) is 2.91. The molecule has 0 spiro atoms. The fourth-order valence-corrected chi connectivity index (χ4v) is 1.31. The van der Waals surface area contributed by atoms with Crippen LogP contribution in [0.1, 0.15) is 18.2 Å². The van der Waals surface area contributed by atoms with Gasteiger partial charge in [0.1, 0.15) is 5.15 Å². The first kappa shape index (κ1) is 10.4. The molecule has 72 valence electrons. The molecule has 13 heavy (non-hydrogen) atoms. The second-order valence-electron chi connectivity index (χ2n) is 3.30. The van der Waals surface area contributed by atoms with Crippen LogP contribution in [0.3, 0.4) is 0 Å². The van der Waals surface area contributed by atoms with Gasteiger partial charge in [0.25, 0.3) is 0 Å². The highest BCUT2D eigenvalue weighted by atomic mass is 35.5. The number of aromatic nitrogens is 1. The Morgan fingerprint density at radius 3 is 2.69 bits per heavy atom. The van der Waals surface area contributed by atoms with Crippen LogP contribution in [-0.2, 0) is 5.60 Å². The van der Waals surface area contributed by atoms with Gasteiger partial charge in [-0.3, -0.25) is 0 Å². The molecule has 1 aromatic rings. The third-order valence-electron chi connectivity index (χ3n) is 1.94. The maximum absolute atomic E-state index is 9.83. The fourth-order valence-electron chi connectivity index (χ4n) is 1.06. The van der Waals surface area contributed by atoms with Crippen LogP contribution in [0.5, 0.6) is 0 Å². The van der Waals surface area contributed by atoms with Crippen LogP contribution in [0.2, 0.25) is 5.15 Å². The van der Waals surface area contributed by atoms with Gasteiger partial charge in [-0.15, -0.1) is 0 Å². The van der Waals surface area contributed by atoms with Crippen LogP contribution in [0, 0.1) is 6.92 Å². The largest absolute Gasteiger partial charge is 0.384 e. The van der Waals surface area contributed by atoms with E-state index in [1.807, 2.05) is 6.92 Å². The summed E-state index contributed by atoms with van der Waals surface area (Å²) in [5, 5.41) is 10.2. The summed E-state index contributed by atoms with van der Waals surface area (Å²) < 4.78 is 0. The van der Waals surface area contributed by atoms with Gasteiger partial charge in [-0.25, -0.2) is 4.98 Å². The molecule has 4 heteroatoms. The molecule has 0 bridgehead atoms. The van der Waals surface area contributed by atoms with Crippen molar-refractivity contribution in [1.29, 1.82) is 0 Å². The first-order chi connectivity index (χ1) is 5.95. The maximum atomic E-state index is 9.83. The number of rotatable bonds is 2. The Bertz CT molecular complexity index is 292. The molecule has 1 atom stereocenters. The average Bonchev–Trinajstić information content (AvgIpc) is 2.02. The Balaban J connectivity index is 3.15. The minimum Gasteiger partial charge on any atom is -0.384 e. The van der Waals surface area contributed by atoms with Crippen molar-refractivity contribution < 1.29 is 5.11 Å². The van der Waals surface area contributed by atoms with Gasteiger partial charge in [-0.05, 0) is 31.5 Å². The second kappa shape index (κ2) is 3.62. The van der Waals surface area contributed by atoms with E-state index in [2.05, 4.69) is 4.98 Å². The zero-order chi connectivity index (χ0) is 10.1. The summed E-state index contributed by atoms with van der Waals surface area (Å²) >= 11 is 5.75. The highest BCUT2D eigenvalue weighted by Gasteiger charge is 2.21. The summed E-state index contributed by atoms with van der Waals surface area (Å²) in [6.07, 6.45) is 0. The van der Waals surface area contributed by atoms with Gasteiger partial charge in [-0.2, -0.15) is 0 Å². The van der Waals surface area contributed by atoms with Crippen LogP contribution in [0.4, 0.5) is 0 Å². The van der Waals surface area contributed by atoms with Gasteiger partial charge >= 0.3 is 0 Å². The van der Waals surface area contributed by atoms with Gasteiger partial charge in [0.15, 0.2) is 0 Å². The van der Waals surface area contributed by atoms with E-state index in [0.29, 0.717) is 10.7 Å². The SMILES string of the molecule is Cc1cc(C(C)(O)CN)cc(Cl)n1. The molecule has 0 aliphatic rings. The molecule has 1 rings (SSSR count). The highest BCUT2D eigenvalue weighted by Crippen LogP contribution is 2.22. The number of nitrogens with two attached hydrogens (primary N) is 1. The Morgan fingerprint density at radius 2 is 2.23 bits per heavy atom. The summed E-state index contributed by atoms with van der Waals surface area (Å²) in [5.74, 6) is 0. The molecule has 3 nitrogen and oxygen atoms in total. The predicted molar refractivity (Wildman–Crippen MR) is 52.6 cm³/mol. The topological polar surface area (TPSA) is 59.1 Å². The Labute approximate surface area is 82.5 Å². The summed E-state index contributed by atoms with van der Waals surface area (Å²) in [5.41, 5.74) is 5.87. The smallest absolute Gasteiger partial charge is 0.129 e. The zero-order valence-electron chi connectivity index (χ0n) is 7.71.